The van der Waals surface area contributed by atoms with Crippen LogP contribution in [0.25, 0.3) is 0 Å². The summed E-state index contributed by atoms with van der Waals surface area (Å²) in [6, 6.07) is 0. The Hall–Kier alpha value is -1.45. The van der Waals surface area contributed by atoms with Crippen molar-refractivity contribution in [2.24, 2.45) is 9.98 Å². The number of hydrogen-bond donors (Lipinski definition) is 1. The summed E-state index contributed by atoms with van der Waals surface area (Å²) in [5.41, 5.74) is 0.951. The summed E-state index contributed by atoms with van der Waals surface area (Å²) < 4.78 is 0. The fourth-order valence-electron chi connectivity index (χ4n) is 0.636. The molecule has 0 bridgehead atoms. The van der Waals surface area contributed by atoms with E-state index >= 15 is 0 Å². The van der Waals surface area contributed by atoms with Crippen LogP contribution in [0.5, 0.6) is 0 Å². The van der Waals surface area contributed by atoms with Gasteiger partial charge in [-0.05, 0) is 13.8 Å². The Balaban J connectivity index is 2.71. The van der Waals surface area contributed by atoms with E-state index in [2.05, 4.69) is 20.0 Å². The topological polar surface area (TPSA) is 53.4 Å². The standard InChI is InChI=1S/C7H10N4/c1-3-8-4-10-7-6(2)9-5-11-7/h3-5H,1-2H3,(H,9,11)/b8-3?,10-4-. The first-order valence-corrected chi connectivity index (χ1v) is 3.35. The number of aromatic nitrogens is 2. The van der Waals surface area contributed by atoms with E-state index in [-0.39, 0.29) is 0 Å². The summed E-state index contributed by atoms with van der Waals surface area (Å²) in [5.74, 6) is 0.690. The Bertz CT molecular complexity index is 272. The van der Waals surface area contributed by atoms with Crippen LogP contribution in [-0.4, -0.2) is 22.5 Å². The van der Waals surface area contributed by atoms with Gasteiger partial charge in [-0.3, -0.25) is 0 Å². The first-order valence-electron chi connectivity index (χ1n) is 3.35. The first kappa shape index (κ1) is 7.65. The van der Waals surface area contributed by atoms with Crippen molar-refractivity contribution in [1.29, 1.82) is 0 Å². The Morgan fingerprint density at radius 1 is 1.64 bits per heavy atom. The molecule has 0 aliphatic rings. The van der Waals surface area contributed by atoms with Crippen LogP contribution in [0.3, 0.4) is 0 Å². The van der Waals surface area contributed by atoms with Crippen molar-refractivity contribution < 1.29 is 0 Å². The van der Waals surface area contributed by atoms with Crippen molar-refractivity contribution in [1.82, 2.24) is 9.97 Å². The van der Waals surface area contributed by atoms with Crippen LogP contribution in [0.4, 0.5) is 5.82 Å². The van der Waals surface area contributed by atoms with Gasteiger partial charge in [-0.25, -0.2) is 15.0 Å². The van der Waals surface area contributed by atoms with Gasteiger partial charge in [0.2, 0.25) is 0 Å². The molecule has 0 saturated carbocycles. The molecule has 1 aromatic heterocycles. The number of hydrogen-bond acceptors (Lipinski definition) is 2. The van der Waals surface area contributed by atoms with Gasteiger partial charge in [0.1, 0.15) is 6.34 Å². The molecule has 0 spiro atoms. The second-order valence-corrected chi connectivity index (χ2v) is 2.00. The van der Waals surface area contributed by atoms with Gasteiger partial charge >= 0.3 is 0 Å². The van der Waals surface area contributed by atoms with E-state index in [0.717, 1.165) is 5.69 Å². The maximum atomic E-state index is 3.99. The summed E-state index contributed by atoms with van der Waals surface area (Å²) in [6.45, 7) is 3.75. The second-order valence-electron chi connectivity index (χ2n) is 2.00. The van der Waals surface area contributed by atoms with Crippen LogP contribution in [-0.2, 0) is 0 Å². The number of aromatic amines is 1. The third-order valence-electron chi connectivity index (χ3n) is 1.20. The smallest absolute Gasteiger partial charge is 0.174 e. The zero-order valence-corrected chi connectivity index (χ0v) is 6.57. The molecule has 0 fully saturated rings. The molecule has 1 rings (SSSR count). The maximum absolute atomic E-state index is 3.99. The number of aryl methyl sites for hydroxylation is 1. The van der Waals surface area contributed by atoms with Crippen LogP contribution >= 0.6 is 0 Å². The van der Waals surface area contributed by atoms with Crippen molar-refractivity contribution in [2.45, 2.75) is 13.8 Å². The SMILES string of the molecule is CC=N/C=N\c1nc[nH]c1C. The molecule has 0 saturated heterocycles. The van der Waals surface area contributed by atoms with Crippen LogP contribution in [0.15, 0.2) is 16.3 Å². The number of aliphatic imine (C=N–C) groups is 2. The molecule has 0 atom stereocenters. The molecule has 0 aromatic carbocycles. The molecular weight excluding hydrogens is 140 g/mol. The maximum Gasteiger partial charge on any atom is 0.174 e. The van der Waals surface area contributed by atoms with Crippen LogP contribution in [0, 0.1) is 6.92 Å². The van der Waals surface area contributed by atoms with Gasteiger partial charge in [-0.15, -0.1) is 0 Å². The Labute approximate surface area is 65.1 Å². The lowest BCUT2D eigenvalue weighted by Crippen LogP contribution is -1.71. The van der Waals surface area contributed by atoms with Gasteiger partial charge < -0.3 is 4.98 Å². The molecule has 0 amide bonds. The Morgan fingerprint density at radius 2 is 2.45 bits per heavy atom. The molecule has 1 heterocycles. The van der Waals surface area contributed by atoms with Crippen molar-refractivity contribution in [3.63, 3.8) is 0 Å². The third kappa shape index (κ3) is 2.00. The molecule has 0 radical (unpaired) electrons. The predicted molar refractivity (Wildman–Crippen MR) is 45.6 cm³/mol. The van der Waals surface area contributed by atoms with E-state index in [1.54, 1.807) is 12.5 Å². The van der Waals surface area contributed by atoms with Gasteiger partial charge in [0.25, 0.3) is 0 Å². The number of nitrogens with zero attached hydrogens (tertiary/aromatic N) is 3. The van der Waals surface area contributed by atoms with Gasteiger partial charge in [0, 0.05) is 6.21 Å². The predicted octanol–water partition coefficient (Wildman–Crippen LogP) is 1.47. The molecule has 1 N–H and O–H groups in total. The molecule has 4 nitrogen and oxygen atoms in total. The molecular formula is C7H10N4. The molecule has 0 aliphatic carbocycles. The third-order valence-corrected chi connectivity index (χ3v) is 1.20. The van der Waals surface area contributed by atoms with E-state index < -0.39 is 0 Å². The van der Waals surface area contributed by atoms with Gasteiger partial charge in [-0.2, -0.15) is 0 Å². The Kier molecular flexibility index (Phi) is 2.54. The highest BCUT2D eigenvalue weighted by Gasteiger charge is 1.93. The zero-order chi connectivity index (χ0) is 8.10. The number of rotatable bonds is 2. The largest absolute Gasteiger partial charge is 0.347 e. The van der Waals surface area contributed by atoms with E-state index in [4.69, 9.17) is 0 Å². The average molecular weight is 150 g/mol. The lowest BCUT2D eigenvalue weighted by Gasteiger charge is -1.83. The molecule has 0 unspecified atom stereocenters. The van der Waals surface area contributed by atoms with E-state index in [0.29, 0.717) is 5.82 Å². The Morgan fingerprint density at radius 3 is 3.00 bits per heavy atom. The molecule has 0 aliphatic heterocycles. The van der Waals surface area contributed by atoms with Crippen molar-refractivity contribution in [3.05, 3.63) is 12.0 Å². The van der Waals surface area contributed by atoms with E-state index in [1.165, 1.54) is 6.34 Å². The number of imidazole rings is 1. The van der Waals surface area contributed by atoms with Crippen molar-refractivity contribution in [3.8, 4) is 0 Å². The quantitative estimate of drug-likeness (QED) is 0.503. The minimum Gasteiger partial charge on any atom is -0.347 e. The summed E-state index contributed by atoms with van der Waals surface area (Å²) in [7, 11) is 0. The van der Waals surface area contributed by atoms with E-state index in [1.807, 2.05) is 13.8 Å². The fourth-order valence-corrected chi connectivity index (χ4v) is 0.636. The zero-order valence-electron chi connectivity index (χ0n) is 6.57. The van der Waals surface area contributed by atoms with Gasteiger partial charge in [0.05, 0.1) is 12.0 Å². The molecule has 58 valence electrons. The highest BCUT2D eigenvalue weighted by molar-refractivity contribution is 5.72. The lowest BCUT2D eigenvalue weighted by molar-refractivity contribution is 1.25. The van der Waals surface area contributed by atoms with Crippen LogP contribution in [0.1, 0.15) is 12.6 Å². The lowest BCUT2D eigenvalue weighted by atomic mass is 10.5. The summed E-state index contributed by atoms with van der Waals surface area (Å²) in [5, 5.41) is 0. The minimum atomic E-state index is 0.690. The van der Waals surface area contributed by atoms with Gasteiger partial charge in [-0.1, -0.05) is 0 Å². The van der Waals surface area contributed by atoms with Gasteiger partial charge in [0.15, 0.2) is 5.82 Å². The van der Waals surface area contributed by atoms with Crippen molar-refractivity contribution in [2.75, 3.05) is 0 Å². The summed E-state index contributed by atoms with van der Waals surface area (Å²) in [4.78, 5) is 14.7. The summed E-state index contributed by atoms with van der Waals surface area (Å²) in [6.07, 6.45) is 4.76. The second kappa shape index (κ2) is 3.65. The monoisotopic (exact) mass is 150 g/mol. The molecule has 11 heavy (non-hydrogen) atoms. The van der Waals surface area contributed by atoms with Crippen LogP contribution < -0.4 is 0 Å². The summed E-state index contributed by atoms with van der Waals surface area (Å²) >= 11 is 0. The van der Waals surface area contributed by atoms with Crippen molar-refractivity contribution >= 4 is 18.4 Å². The highest BCUT2D eigenvalue weighted by Crippen LogP contribution is 2.09. The fraction of sp³-hybridized carbons (Fsp3) is 0.286. The highest BCUT2D eigenvalue weighted by atomic mass is 15.0. The first-order chi connectivity index (χ1) is 5.34. The average Bonchev–Trinajstić information content (AvgIpc) is 2.37. The normalized spacial score (nSPS) is 11.8. The van der Waals surface area contributed by atoms with Crippen LogP contribution in [0.2, 0.25) is 0 Å². The number of nitrogens with one attached hydrogen (secondary N) is 1. The minimum absolute atomic E-state index is 0.690. The molecule has 4 heteroatoms. The number of H-pyrrole nitrogens is 1. The molecule has 1 aromatic rings. The van der Waals surface area contributed by atoms with E-state index in [9.17, 15) is 0 Å².